The molecule has 0 aromatic rings. The number of aliphatic carboxylic acids is 1. The van der Waals surface area contributed by atoms with Crippen molar-refractivity contribution in [3.8, 4) is 0 Å². The summed E-state index contributed by atoms with van der Waals surface area (Å²) in [5.41, 5.74) is -0.909. The van der Waals surface area contributed by atoms with E-state index in [0.717, 1.165) is 6.42 Å². The summed E-state index contributed by atoms with van der Waals surface area (Å²) >= 11 is 0. The number of hydrogen-bond donors (Lipinski definition) is 2. The van der Waals surface area contributed by atoms with Gasteiger partial charge in [-0.2, -0.15) is 0 Å². The molecule has 2 N–H and O–H groups in total. The monoisotopic (exact) mass is 308 g/mol. The second-order valence-electron chi connectivity index (χ2n) is 5.60. The van der Waals surface area contributed by atoms with Gasteiger partial charge in [0, 0.05) is 12.8 Å². The first-order valence-corrected chi connectivity index (χ1v) is 9.01. The molecule has 0 radical (unpaired) electrons. The zero-order valence-electron chi connectivity index (χ0n) is 13.0. The molecule has 0 aliphatic carbocycles. The highest BCUT2D eigenvalue weighted by atomic mass is 32.2. The molecule has 0 fully saturated rings. The van der Waals surface area contributed by atoms with Crippen LogP contribution in [0.5, 0.6) is 0 Å². The molecular weight excluding hydrogens is 280 g/mol. The van der Waals surface area contributed by atoms with Crippen LogP contribution in [0.25, 0.3) is 0 Å². The molecule has 1 unspecified atom stereocenters. The van der Waals surface area contributed by atoms with Crippen molar-refractivity contribution in [1.29, 1.82) is 0 Å². The minimum Gasteiger partial charge on any atom is -0.480 e. The lowest BCUT2D eigenvalue weighted by Crippen LogP contribution is -2.50. The highest BCUT2D eigenvalue weighted by Gasteiger charge is 2.31. The maximum Gasteiger partial charge on any atom is 0.323 e. The lowest BCUT2D eigenvalue weighted by molar-refractivity contribution is -0.144. The van der Waals surface area contributed by atoms with Crippen LogP contribution in [-0.2, 0) is 14.6 Å². The molecule has 120 valence electrons. The van der Waals surface area contributed by atoms with Crippen LogP contribution in [0.3, 0.4) is 0 Å². The molecule has 0 aromatic heterocycles. The maximum absolute atomic E-state index is 11.3. The Bertz CT molecular complexity index is 397. The lowest BCUT2D eigenvalue weighted by atomic mass is 9.95. The van der Waals surface area contributed by atoms with Crippen LogP contribution in [0.4, 0.5) is 0 Å². The van der Waals surface area contributed by atoms with Crippen LogP contribution in [0.1, 0.15) is 33.1 Å². The molecule has 20 heavy (non-hydrogen) atoms. The Morgan fingerprint density at radius 1 is 1.35 bits per heavy atom. The second-order valence-corrected chi connectivity index (χ2v) is 7.86. The van der Waals surface area contributed by atoms with Crippen molar-refractivity contribution in [3.05, 3.63) is 0 Å². The van der Waals surface area contributed by atoms with Crippen molar-refractivity contribution in [2.24, 2.45) is 0 Å². The van der Waals surface area contributed by atoms with Crippen LogP contribution in [0.15, 0.2) is 0 Å². The predicted octanol–water partition coefficient (Wildman–Crippen LogP) is 0.586. The third-order valence-corrected chi connectivity index (χ3v) is 4.22. The molecule has 0 aliphatic rings. The number of hydrogen-bond acceptors (Lipinski definition) is 5. The fourth-order valence-corrected chi connectivity index (χ4v) is 2.45. The maximum atomic E-state index is 11.3. The smallest absolute Gasteiger partial charge is 0.323 e. The highest BCUT2D eigenvalue weighted by molar-refractivity contribution is 7.90. The fourth-order valence-electron chi connectivity index (χ4n) is 1.81. The molecule has 0 spiro atoms. The average molecular weight is 308 g/mol. The van der Waals surface area contributed by atoms with Gasteiger partial charge in [-0.15, -0.1) is 0 Å². The van der Waals surface area contributed by atoms with E-state index in [9.17, 15) is 18.3 Å². The summed E-state index contributed by atoms with van der Waals surface area (Å²) in [7, 11) is -1.10. The highest BCUT2D eigenvalue weighted by Crippen LogP contribution is 2.13. The first kappa shape index (κ1) is 19.3. The predicted molar refractivity (Wildman–Crippen MR) is 80.8 cm³/mol. The molecule has 0 aromatic carbocycles. The summed E-state index contributed by atoms with van der Waals surface area (Å²) in [6.07, 6.45) is 3.33. The van der Waals surface area contributed by atoms with Gasteiger partial charge in [-0.1, -0.05) is 6.92 Å². The molecule has 7 heteroatoms. The largest absolute Gasteiger partial charge is 0.480 e. The summed E-state index contributed by atoms with van der Waals surface area (Å²) < 4.78 is 22.1. The van der Waals surface area contributed by atoms with Gasteiger partial charge in [0.05, 0.1) is 5.75 Å². The van der Waals surface area contributed by atoms with Crippen LogP contribution in [0, 0.1) is 0 Å². The van der Waals surface area contributed by atoms with Crippen molar-refractivity contribution < 1.29 is 18.3 Å². The number of carbonyl (C=O) groups is 1. The van der Waals surface area contributed by atoms with Crippen molar-refractivity contribution in [1.82, 2.24) is 10.2 Å². The number of carboxylic acid groups (broad SMARTS) is 1. The summed E-state index contributed by atoms with van der Waals surface area (Å²) in [5.74, 6) is -0.710. The van der Waals surface area contributed by atoms with Gasteiger partial charge in [-0.25, -0.2) is 8.42 Å². The summed E-state index contributed by atoms with van der Waals surface area (Å²) in [5, 5.41) is 12.3. The van der Waals surface area contributed by atoms with E-state index in [1.165, 1.54) is 6.26 Å². The van der Waals surface area contributed by atoms with Crippen LogP contribution >= 0.6 is 0 Å². The quantitative estimate of drug-likeness (QED) is 0.581. The van der Waals surface area contributed by atoms with E-state index in [1.807, 2.05) is 18.9 Å². The van der Waals surface area contributed by atoms with Gasteiger partial charge in [0.1, 0.15) is 15.4 Å². The minimum atomic E-state index is -2.95. The fraction of sp³-hybridized carbons (Fsp3) is 0.923. The molecule has 0 rings (SSSR count). The van der Waals surface area contributed by atoms with Gasteiger partial charge in [-0.3, -0.25) is 4.79 Å². The molecular formula is C13H28N2O4S. The number of carboxylic acids is 1. The molecule has 6 nitrogen and oxygen atoms in total. The number of sulfone groups is 1. The van der Waals surface area contributed by atoms with E-state index in [1.54, 1.807) is 6.92 Å². The van der Waals surface area contributed by atoms with Gasteiger partial charge >= 0.3 is 5.97 Å². The summed E-state index contributed by atoms with van der Waals surface area (Å²) in [6, 6.07) is 0. The van der Waals surface area contributed by atoms with Gasteiger partial charge < -0.3 is 15.3 Å². The SMILES string of the molecule is CCCNC(C)(CCCN(C)CCS(C)(=O)=O)C(=O)O. The Hall–Kier alpha value is -0.660. The molecule has 0 saturated carbocycles. The van der Waals surface area contributed by atoms with E-state index < -0.39 is 21.3 Å². The number of nitrogens with zero attached hydrogens (tertiary/aromatic N) is 1. The van der Waals surface area contributed by atoms with Crippen molar-refractivity contribution in [3.63, 3.8) is 0 Å². The van der Waals surface area contributed by atoms with Gasteiger partial charge in [0.25, 0.3) is 0 Å². The van der Waals surface area contributed by atoms with E-state index in [0.29, 0.717) is 32.5 Å². The molecule has 0 aliphatic heterocycles. The standard InChI is InChI=1S/C13H28N2O4S/c1-5-8-14-13(2,12(16)17)7-6-9-15(3)10-11-20(4,18)19/h14H,5-11H2,1-4H3,(H,16,17). The van der Waals surface area contributed by atoms with E-state index in [-0.39, 0.29) is 5.75 Å². The zero-order chi connectivity index (χ0) is 15.8. The van der Waals surface area contributed by atoms with E-state index in [4.69, 9.17) is 0 Å². The molecule has 0 bridgehead atoms. The van der Waals surface area contributed by atoms with Gasteiger partial charge in [-0.05, 0) is 46.3 Å². The van der Waals surface area contributed by atoms with Crippen LogP contribution < -0.4 is 5.32 Å². The normalized spacial score (nSPS) is 15.2. The number of nitrogens with one attached hydrogen (secondary N) is 1. The molecule has 1 atom stereocenters. The second kappa shape index (κ2) is 8.59. The van der Waals surface area contributed by atoms with Crippen molar-refractivity contribution in [2.45, 2.75) is 38.6 Å². The zero-order valence-corrected chi connectivity index (χ0v) is 13.8. The van der Waals surface area contributed by atoms with Crippen LogP contribution in [-0.4, -0.2) is 68.6 Å². The minimum absolute atomic E-state index is 0.133. The average Bonchev–Trinajstić information content (AvgIpc) is 2.33. The van der Waals surface area contributed by atoms with Crippen molar-refractivity contribution in [2.75, 3.05) is 38.7 Å². The topological polar surface area (TPSA) is 86.7 Å². The first-order chi connectivity index (χ1) is 9.10. The summed E-state index contributed by atoms with van der Waals surface area (Å²) in [4.78, 5) is 13.2. The number of rotatable bonds is 11. The Morgan fingerprint density at radius 3 is 2.40 bits per heavy atom. The Labute approximate surface area is 122 Å². The van der Waals surface area contributed by atoms with E-state index in [2.05, 4.69) is 5.32 Å². The Morgan fingerprint density at radius 2 is 1.95 bits per heavy atom. The van der Waals surface area contributed by atoms with Gasteiger partial charge in [0.15, 0.2) is 0 Å². The molecule has 0 amide bonds. The van der Waals surface area contributed by atoms with Crippen LogP contribution in [0.2, 0.25) is 0 Å². The summed E-state index contributed by atoms with van der Waals surface area (Å²) in [6.45, 7) is 5.53. The first-order valence-electron chi connectivity index (χ1n) is 6.95. The third-order valence-electron chi connectivity index (χ3n) is 3.30. The Balaban J connectivity index is 4.14. The van der Waals surface area contributed by atoms with Crippen molar-refractivity contribution >= 4 is 15.8 Å². The van der Waals surface area contributed by atoms with Gasteiger partial charge in [0.2, 0.25) is 0 Å². The third kappa shape index (κ3) is 8.50. The van der Waals surface area contributed by atoms with E-state index >= 15 is 0 Å². The molecule has 0 saturated heterocycles. The Kier molecular flexibility index (Phi) is 8.30. The lowest BCUT2D eigenvalue weighted by Gasteiger charge is -2.27. The molecule has 0 heterocycles.